The van der Waals surface area contributed by atoms with Crippen molar-refractivity contribution in [1.82, 2.24) is 0 Å². The summed E-state index contributed by atoms with van der Waals surface area (Å²) in [7, 11) is 0. The van der Waals surface area contributed by atoms with Gasteiger partial charge >= 0.3 is 12.1 Å². The van der Waals surface area contributed by atoms with E-state index in [1.807, 2.05) is 13.8 Å². The largest absolute Gasteiger partial charge is 0.505 e. The number of hydrazone groups is 1. The number of alkyl halides is 3. The van der Waals surface area contributed by atoms with Gasteiger partial charge in [0.2, 0.25) is 0 Å². The molecule has 0 unspecified atom stereocenters. The van der Waals surface area contributed by atoms with E-state index < -0.39 is 23.6 Å². The molecular formula is C27H24F3N3O4. The highest BCUT2D eigenvalue weighted by molar-refractivity contribution is 6.55. The summed E-state index contributed by atoms with van der Waals surface area (Å²) in [5.41, 5.74) is 4.82. The van der Waals surface area contributed by atoms with Gasteiger partial charge in [0, 0.05) is 17.7 Å². The van der Waals surface area contributed by atoms with Gasteiger partial charge < -0.3 is 10.2 Å². The van der Waals surface area contributed by atoms with Crippen LogP contribution < -0.4 is 10.3 Å². The second-order valence-electron chi connectivity index (χ2n) is 8.77. The third-order valence-electron chi connectivity index (χ3n) is 6.22. The van der Waals surface area contributed by atoms with Crippen LogP contribution >= 0.6 is 0 Å². The number of aromatic hydroxyl groups is 1. The second-order valence-corrected chi connectivity index (χ2v) is 8.77. The van der Waals surface area contributed by atoms with E-state index in [1.54, 1.807) is 30.3 Å². The number of amides is 1. The summed E-state index contributed by atoms with van der Waals surface area (Å²) in [4.78, 5) is 25.4. The molecule has 37 heavy (non-hydrogen) atoms. The summed E-state index contributed by atoms with van der Waals surface area (Å²) in [6, 6.07) is 13.0. The van der Waals surface area contributed by atoms with E-state index in [0.29, 0.717) is 24.1 Å². The number of para-hydroxylation sites is 1. The van der Waals surface area contributed by atoms with Gasteiger partial charge in [0.1, 0.15) is 5.75 Å². The van der Waals surface area contributed by atoms with E-state index in [-0.39, 0.29) is 34.8 Å². The van der Waals surface area contributed by atoms with Gasteiger partial charge in [-0.3, -0.25) is 19.9 Å². The zero-order chi connectivity index (χ0) is 26.9. The van der Waals surface area contributed by atoms with Crippen LogP contribution in [0.2, 0.25) is 0 Å². The van der Waals surface area contributed by atoms with Crippen LogP contribution in [0.1, 0.15) is 40.7 Å². The number of carbonyl (C=O) groups is 2. The van der Waals surface area contributed by atoms with Crippen LogP contribution in [0.4, 0.5) is 30.2 Å². The first kappa shape index (κ1) is 25.7. The Hall–Kier alpha value is -4.34. The van der Waals surface area contributed by atoms with Crippen LogP contribution in [-0.2, 0) is 22.2 Å². The number of hydrogen-bond donors (Lipinski definition) is 3. The molecule has 0 atom stereocenters. The highest BCUT2D eigenvalue weighted by atomic mass is 19.4. The minimum absolute atomic E-state index is 0.0512. The smallest absolute Gasteiger partial charge is 0.416 e. The number of nitrogens with one attached hydrogen (secondary N) is 1. The lowest BCUT2D eigenvalue weighted by Crippen LogP contribution is -2.26. The van der Waals surface area contributed by atoms with E-state index in [2.05, 4.69) is 10.5 Å². The molecule has 1 aliphatic heterocycles. The third kappa shape index (κ3) is 5.28. The lowest BCUT2D eigenvalue weighted by molar-refractivity contribution is -0.138. The highest BCUT2D eigenvalue weighted by Crippen LogP contribution is 2.41. The number of benzene rings is 3. The van der Waals surface area contributed by atoms with Crippen molar-refractivity contribution in [2.24, 2.45) is 5.10 Å². The van der Waals surface area contributed by atoms with Gasteiger partial charge in [0.15, 0.2) is 5.71 Å². The first-order chi connectivity index (χ1) is 17.5. The fourth-order valence-corrected chi connectivity index (χ4v) is 4.08. The molecule has 3 aromatic rings. The Labute approximate surface area is 210 Å². The van der Waals surface area contributed by atoms with Crippen molar-refractivity contribution < 1.29 is 33.0 Å². The molecule has 3 N–H and O–H groups in total. The molecule has 0 aromatic heterocycles. The molecule has 0 fully saturated rings. The Kier molecular flexibility index (Phi) is 6.93. The van der Waals surface area contributed by atoms with Gasteiger partial charge in [-0.1, -0.05) is 18.2 Å². The number of rotatable bonds is 7. The minimum atomic E-state index is -4.60. The molecule has 0 aliphatic carbocycles. The molecule has 0 bridgehead atoms. The van der Waals surface area contributed by atoms with Gasteiger partial charge in [0.05, 0.1) is 16.9 Å². The molecule has 1 heterocycles. The number of carbonyl (C=O) groups excluding carboxylic acids is 1. The van der Waals surface area contributed by atoms with Gasteiger partial charge in [-0.2, -0.15) is 18.3 Å². The van der Waals surface area contributed by atoms with E-state index in [0.717, 1.165) is 23.3 Å². The number of nitrogens with zero attached hydrogens (tertiary/aromatic N) is 2. The fraction of sp³-hybridized carbons (Fsp3) is 0.222. The van der Waals surface area contributed by atoms with E-state index in [1.165, 1.54) is 17.0 Å². The minimum Gasteiger partial charge on any atom is -0.505 e. The lowest BCUT2D eigenvalue weighted by Gasteiger charge is -2.19. The topological polar surface area (TPSA) is 102 Å². The molecule has 0 spiro atoms. The quantitative estimate of drug-likeness (QED) is 0.270. The average molecular weight is 512 g/mol. The third-order valence-corrected chi connectivity index (χ3v) is 6.22. The van der Waals surface area contributed by atoms with Crippen LogP contribution in [0.15, 0.2) is 59.7 Å². The summed E-state index contributed by atoms with van der Waals surface area (Å²) >= 11 is 0. The Morgan fingerprint density at radius 3 is 2.49 bits per heavy atom. The van der Waals surface area contributed by atoms with Crippen LogP contribution in [0.5, 0.6) is 5.75 Å². The first-order valence-corrected chi connectivity index (χ1v) is 11.5. The number of phenolic OH excluding ortho intramolecular Hbond substituents is 1. The van der Waals surface area contributed by atoms with Crippen molar-refractivity contribution in [1.29, 1.82) is 0 Å². The highest BCUT2D eigenvalue weighted by Gasteiger charge is 2.39. The van der Waals surface area contributed by atoms with E-state index >= 15 is 0 Å². The Balaban J connectivity index is 1.72. The van der Waals surface area contributed by atoms with Crippen LogP contribution in [-0.4, -0.2) is 27.8 Å². The van der Waals surface area contributed by atoms with Gasteiger partial charge in [0.25, 0.3) is 5.91 Å². The fourth-order valence-electron chi connectivity index (χ4n) is 4.08. The summed E-state index contributed by atoms with van der Waals surface area (Å²) in [5, 5.41) is 23.6. The SMILES string of the molecule is Cc1ccc(N2C(=O)/C(=N\Nc3cccc(CCCC(=O)O)c3O)c3ccc(C(F)(F)F)cc32)cc1C. The number of hydrogen-bond acceptors (Lipinski definition) is 5. The van der Waals surface area contributed by atoms with Gasteiger partial charge in [-0.05, 0) is 79.8 Å². The van der Waals surface area contributed by atoms with Gasteiger partial charge in [-0.25, -0.2) is 0 Å². The molecule has 1 aliphatic rings. The molecular weight excluding hydrogens is 487 g/mol. The molecule has 1 amide bonds. The van der Waals surface area contributed by atoms with Gasteiger partial charge in [-0.15, -0.1) is 0 Å². The summed E-state index contributed by atoms with van der Waals surface area (Å²) in [6.07, 6.45) is -4.02. The lowest BCUT2D eigenvalue weighted by atomic mass is 10.1. The van der Waals surface area contributed by atoms with Crippen LogP contribution in [0, 0.1) is 13.8 Å². The molecule has 4 rings (SSSR count). The van der Waals surface area contributed by atoms with Crippen molar-refractivity contribution >= 4 is 34.7 Å². The maximum atomic E-state index is 13.5. The number of aliphatic carboxylic acids is 1. The summed E-state index contributed by atoms with van der Waals surface area (Å²) < 4.78 is 40.4. The molecule has 0 radical (unpaired) electrons. The zero-order valence-electron chi connectivity index (χ0n) is 20.1. The maximum absolute atomic E-state index is 13.5. The van der Waals surface area contributed by atoms with Crippen molar-refractivity contribution in [3.8, 4) is 5.75 Å². The molecule has 3 aromatic carbocycles. The standard InChI is InChI=1S/C27H24F3N3O4/c1-15-9-11-19(13-16(15)2)33-22-14-18(27(28,29)30)10-12-20(22)24(26(33)37)32-31-21-7-3-5-17(25(21)36)6-4-8-23(34)35/h3,5,7,9-14,31,36H,4,6,8H2,1-2H3,(H,34,35)/b32-24-. The summed E-state index contributed by atoms with van der Waals surface area (Å²) in [5.74, 6) is -1.72. The van der Waals surface area contributed by atoms with E-state index in [9.17, 15) is 27.9 Å². The Bertz CT molecular complexity index is 1420. The van der Waals surface area contributed by atoms with Crippen molar-refractivity contribution in [2.75, 3.05) is 10.3 Å². The number of halogens is 3. The molecule has 0 saturated carbocycles. The normalized spacial score (nSPS) is 14.2. The predicted octanol–water partition coefficient (Wildman–Crippen LogP) is 5.93. The van der Waals surface area contributed by atoms with Crippen molar-refractivity contribution in [3.05, 3.63) is 82.4 Å². The predicted molar refractivity (Wildman–Crippen MR) is 133 cm³/mol. The van der Waals surface area contributed by atoms with Crippen molar-refractivity contribution in [2.45, 2.75) is 39.3 Å². The first-order valence-electron chi connectivity index (χ1n) is 11.5. The Morgan fingerprint density at radius 2 is 1.81 bits per heavy atom. The van der Waals surface area contributed by atoms with E-state index in [4.69, 9.17) is 5.11 Å². The number of aryl methyl sites for hydroxylation is 3. The number of anilines is 3. The monoisotopic (exact) mass is 511 g/mol. The van der Waals surface area contributed by atoms with Crippen LogP contribution in [0.3, 0.4) is 0 Å². The van der Waals surface area contributed by atoms with Crippen LogP contribution in [0.25, 0.3) is 0 Å². The number of fused-ring (bicyclic) bond motifs is 1. The molecule has 0 saturated heterocycles. The number of carboxylic acid groups (broad SMARTS) is 1. The van der Waals surface area contributed by atoms with Crippen molar-refractivity contribution in [3.63, 3.8) is 0 Å². The molecule has 192 valence electrons. The zero-order valence-corrected chi connectivity index (χ0v) is 20.1. The second kappa shape index (κ2) is 9.96. The summed E-state index contributed by atoms with van der Waals surface area (Å²) in [6.45, 7) is 3.73. The average Bonchev–Trinajstić information content (AvgIpc) is 3.11. The number of phenols is 1. The molecule has 7 nitrogen and oxygen atoms in total. The maximum Gasteiger partial charge on any atom is 0.416 e. The number of carboxylic acids is 1. The molecule has 10 heteroatoms. The Morgan fingerprint density at radius 1 is 1.05 bits per heavy atom.